The van der Waals surface area contributed by atoms with Gasteiger partial charge in [-0.15, -0.1) is 0 Å². The summed E-state index contributed by atoms with van der Waals surface area (Å²) in [6, 6.07) is 6.79. The molecule has 1 aromatic heterocycles. The lowest BCUT2D eigenvalue weighted by Gasteiger charge is -2.15. The molecule has 0 saturated heterocycles. The van der Waals surface area contributed by atoms with Gasteiger partial charge in [0.2, 0.25) is 0 Å². The molecular formula is C15H14FNO. The second-order valence-corrected chi connectivity index (χ2v) is 4.81. The number of benzene rings is 1. The molecule has 2 nitrogen and oxygen atoms in total. The van der Waals surface area contributed by atoms with E-state index >= 15 is 0 Å². The van der Waals surface area contributed by atoms with Gasteiger partial charge in [0.25, 0.3) is 0 Å². The predicted molar refractivity (Wildman–Crippen MR) is 67.7 cm³/mol. The van der Waals surface area contributed by atoms with Crippen LogP contribution in [0.5, 0.6) is 0 Å². The summed E-state index contributed by atoms with van der Waals surface area (Å²) in [5.41, 5.74) is 3.48. The molecule has 92 valence electrons. The number of carbonyl (C=O) groups excluding carboxylic acids is 1. The Morgan fingerprint density at radius 2 is 2.06 bits per heavy atom. The third-order valence-corrected chi connectivity index (χ3v) is 3.41. The highest BCUT2D eigenvalue weighted by Gasteiger charge is 2.21. The van der Waals surface area contributed by atoms with Crippen LogP contribution in [0.1, 0.15) is 34.5 Å². The topological polar surface area (TPSA) is 22.0 Å². The lowest BCUT2D eigenvalue weighted by Crippen LogP contribution is -2.12. The Balaban J connectivity index is 2.15. The Hall–Kier alpha value is -1.90. The van der Waals surface area contributed by atoms with Crippen molar-refractivity contribution in [3.8, 4) is 5.69 Å². The SMILES string of the molecule is Cc1cc(F)cc(-n2ccc3c2CCCC3=O)c1. The van der Waals surface area contributed by atoms with E-state index in [1.807, 2.05) is 29.8 Å². The number of rotatable bonds is 1. The Morgan fingerprint density at radius 3 is 2.83 bits per heavy atom. The van der Waals surface area contributed by atoms with Gasteiger partial charge in [0.15, 0.2) is 5.78 Å². The van der Waals surface area contributed by atoms with Crippen LogP contribution in [-0.4, -0.2) is 10.4 Å². The highest BCUT2D eigenvalue weighted by atomic mass is 19.1. The summed E-state index contributed by atoms with van der Waals surface area (Å²) < 4.78 is 15.4. The van der Waals surface area contributed by atoms with E-state index in [1.54, 1.807) is 0 Å². The quantitative estimate of drug-likeness (QED) is 0.752. The van der Waals surface area contributed by atoms with Crippen molar-refractivity contribution in [2.24, 2.45) is 0 Å². The van der Waals surface area contributed by atoms with E-state index in [0.717, 1.165) is 35.3 Å². The van der Waals surface area contributed by atoms with Gasteiger partial charge in [0.05, 0.1) is 0 Å². The molecular weight excluding hydrogens is 229 g/mol. The molecule has 0 aliphatic heterocycles. The highest BCUT2D eigenvalue weighted by molar-refractivity contribution is 5.98. The number of aryl methyl sites for hydroxylation is 1. The summed E-state index contributed by atoms with van der Waals surface area (Å²) in [5.74, 6) is -0.0438. The van der Waals surface area contributed by atoms with E-state index in [1.165, 1.54) is 12.1 Å². The van der Waals surface area contributed by atoms with Crippen LogP contribution < -0.4 is 0 Å². The van der Waals surface area contributed by atoms with E-state index in [4.69, 9.17) is 0 Å². The van der Waals surface area contributed by atoms with Gasteiger partial charge in [0.1, 0.15) is 5.82 Å². The first-order chi connectivity index (χ1) is 8.65. The molecule has 0 bridgehead atoms. The molecule has 1 heterocycles. The minimum Gasteiger partial charge on any atom is -0.320 e. The van der Waals surface area contributed by atoms with Gasteiger partial charge in [-0.1, -0.05) is 0 Å². The molecule has 0 spiro atoms. The maximum absolute atomic E-state index is 13.4. The number of Topliss-reactive ketones (excluding diaryl/α,β-unsaturated/α-hetero) is 1. The molecule has 0 N–H and O–H groups in total. The minimum atomic E-state index is -0.241. The number of hydrogen-bond acceptors (Lipinski definition) is 1. The van der Waals surface area contributed by atoms with E-state index < -0.39 is 0 Å². The van der Waals surface area contributed by atoms with Crippen molar-refractivity contribution in [1.29, 1.82) is 0 Å². The minimum absolute atomic E-state index is 0.197. The van der Waals surface area contributed by atoms with Gasteiger partial charge < -0.3 is 4.57 Å². The summed E-state index contributed by atoms with van der Waals surface area (Å²) in [6.45, 7) is 1.87. The lowest BCUT2D eigenvalue weighted by atomic mass is 9.96. The second-order valence-electron chi connectivity index (χ2n) is 4.81. The normalized spacial score (nSPS) is 14.7. The Kier molecular flexibility index (Phi) is 2.54. The molecule has 3 rings (SSSR count). The molecule has 0 atom stereocenters. The molecule has 0 unspecified atom stereocenters. The van der Waals surface area contributed by atoms with Crippen molar-refractivity contribution >= 4 is 5.78 Å². The summed E-state index contributed by atoms with van der Waals surface area (Å²) in [4.78, 5) is 11.8. The first-order valence-corrected chi connectivity index (χ1v) is 6.16. The van der Waals surface area contributed by atoms with E-state index in [2.05, 4.69) is 0 Å². The number of aromatic nitrogens is 1. The van der Waals surface area contributed by atoms with Crippen LogP contribution >= 0.6 is 0 Å². The molecule has 0 amide bonds. The number of fused-ring (bicyclic) bond motifs is 1. The van der Waals surface area contributed by atoms with Gasteiger partial charge in [-0.05, 0) is 49.6 Å². The van der Waals surface area contributed by atoms with Crippen molar-refractivity contribution in [2.75, 3.05) is 0 Å². The fourth-order valence-corrected chi connectivity index (χ4v) is 2.62. The van der Waals surface area contributed by atoms with Crippen LogP contribution in [0, 0.1) is 12.7 Å². The first kappa shape index (κ1) is 11.2. The van der Waals surface area contributed by atoms with Gasteiger partial charge in [0, 0.05) is 29.6 Å². The van der Waals surface area contributed by atoms with E-state index in [-0.39, 0.29) is 11.6 Å². The highest BCUT2D eigenvalue weighted by Crippen LogP contribution is 2.26. The Bertz CT molecular complexity index is 607. The average molecular weight is 243 g/mol. The van der Waals surface area contributed by atoms with Gasteiger partial charge in [-0.3, -0.25) is 4.79 Å². The summed E-state index contributed by atoms with van der Waals surface area (Å²) >= 11 is 0. The van der Waals surface area contributed by atoms with Crippen LogP contribution in [-0.2, 0) is 6.42 Å². The molecule has 1 aliphatic rings. The number of hydrogen-bond donors (Lipinski definition) is 0. The molecule has 3 heteroatoms. The maximum atomic E-state index is 13.4. The van der Waals surface area contributed by atoms with Crippen LogP contribution in [0.3, 0.4) is 0 Å². The molecule has 0 radical (unpaired) electrons. The standard InChI is InChI=1S/C15H14FNO/c1-10-7-11(16)9-12(8-10)17-6-5-13-14(17)3-2-4-15(13)18/h5-9H,2-4H2,1H3. The number of nitrogens with zero attached hydrogens (tertiary/aromatic N) is 1. The fourth-order valence-electron chi connectivity index (χ4n) is 2.62. The van der Waals surface area contributed by atoms with Crippen molar-refractivity contribution in [3.63, 3.8) is 0 Å². The molecule has 18 heavy (non-hydrogen) atoms. The largest absolute Gasteiger partial charge is 0.320 e. The predicted octanol–water partition coefficient (Wildman–Crippen LogP) is 3.44. The Morgan fingerprint density at radius 1 is 1.22 bits per heavy atom. The smallest absolute Gasteiger partial charge is 0.164 e. The monoisotopic (exact) mass is 243 g/mol. The van der Waals surface area contributed by atoms with E-state index in [9.17, 15) is 9.18 Å². The molecule has 2 aromatic rings. The maximum Gasteiger partial charge on any atom is 0.164 e. The lowest BCUT2D eigenvalue weighted by molar-refractivity contribution is 0.0972. The third-order valence-electron chi connectivity index (χ3n) is 3.41. The molecule has 0 saturated carbocycles. The number of halogens is 1. The van der Waals surface area contributed by atoms with E-state index in [0.29, 0.717) is 6.42 Å². The fraction of sp³-hybridized carbons (Fsp3) is 0.267. The van der Waals surface area contributed by atoms with Gasteiger partial charge in [-0.2, -0.15) is 0 Å². The van der Waals surface area contributed by atoms with Crippen molar-refractivity contribution in [2.45, 2.75) is 26.2 Å². The zero-order valence-electron chi connectivity index (χ0n) is 10.2. The van der Waals surface area contributed by atoms with Crippen LogP contribution in [0.2, 0.25) is 0 Å². The Labute approximate surface area is 105 Å². The zero-order chi connectivity index (χ0) is 12.7. The molecule has 1 aliphatic carbocycles. The molecule has 1 aromatic carbocycles. The molecule has 0 fully saturated rings. The number of ketones is 1. The summed E-state index contributed by atoms with van der Waals surface area (Å²) in [7, 11) is 0. The van der Waals surface area contributed by atoms with Crippen molar-refractivity contribution < 1.29 is 9.18 Å². The summed E-state index contributed by atoms with van der Waals surface area (Å²) in [5, 5.41) is 0. The van der Waals surface area contributed by atoms with Crippen molar-refractivity contribution in [3.05, 3.63) is 53.1 Å². The zero-order valence-corrected chi connectivity index (χ0v) is 10.2. The van der Waals surface area contributed by atoms with Crippen LogP contribution in [0.4, 0.5) is 4.39 Å². The number of carbonyl (C=O) groups is 1. The third kappa shape index (κ3) is 1.76. The summed E-state index contributed by atoms with van der Waals surface area (Å²) in [6.07, 6.45) is 4.25. The first-order valence-electron chi connectivity index (χ1n) is 6.16. The second kappa shape index (κ2) is 4.09. The van der Waals surface area contributed by atoms with Crippen molar-refractivity contribution in [1.82, 2.24) is 4.57 Å². The van der Waals surface area contributed by atoms with Crippen LogP contribution in [0.25, 0.3) is 5.69 Å². The van der Waals surface area contributed by atoms with Crippen LogP contribution in [0.15, 0.2) is 30.5 Å². The van der Waals surface area contributed by atoms with Gasteiger partial charge in [-0.25, -0.2) is 4.39 Å². The van der Waals surface area contributed by atoms with Gasteiger partial charge >= 0.3 is 0 Å². The average Bonchev–Trinajstić information content (AvgIpc) is 2.73.